The van der Waals surface area contributed by atoms with Crippen molar-refractivity contribution in [2.75, 3.05) is 0 Å². The Balaban J connectivity index is 2.71. The van der Waals surface area contributed by atoms with Crippen molar-refractivity contribution in [1.82, 2.24) is 0 Å². The van der Waals surface area contributed by atoms with Gasteiger partial charge < -0.3 is 0 Å². The average Bonchev–Trinajstić information content (AvgIpc) is 2.33. The van der Waals surface area contributed by atoms with Gasteiger partial charge in [-0.3, -0.25) is 10.1 Å². The fourth-order valence-corrected chi connectivity index (χ4v) is 2.67. The van der Waals surface area contributed by atoms with Gasteiger partial charge in [0.25, 0.3) is 5.69 Å². The van der Waals surface area contributed by atoms with Crippen LogP contribution in [-0.4, -0.2) is 4.92 Å². The molecule has 5 heteroatoms. The van der Waals surface area contributed by atoms with Crippen LogP contribution in [0.5, 0.6) is 0 Å². The van der Waals surface area contributed by atoms with E-state index < -0.39 is 0 Å². The van der Waals surface area contributed by atoms with E-state index in [1.54, 1.807) is 6.07 Å². The average molecular weight is 451 g/mol. The number of nitro benzene ring substituents is 1. The van der Waals surface area contributed by atoms with Gasteiger partial charge in [-0.2, -0.15) is 0 Å². The highest BCUT2D eigenvalue weighted by molar-refractivity contribution is 14.1. The molecule has 0 spiro atoms. The fourth-order valence-electron chi connectivity index (χ4n) is 1.57. The zero-order valence-electron chi connectivity index (χ0n) is 8.56. The Morgan fingerprint density at radius 1 is 1.00 bits per heavy atom. The second-order valence-electron chi connectivity index (χ2n) is 3.38. The molecule has 0 atom stereocenters. The van der Waals surface area contributed by atoms with Crippen molar-refractivity contribution >= 4 is 50.9 Å². The lowest BCUT2D eigenvalue weighted by atomic mass is 10.0. The van der Waals surface area contributed by atoms with E-state index in [2.05, 4.69) is 22.6 Å². The number of rotatable bonds is 2. The van der Waals surface area contributed by atoms with Crippen molar-refractivity contribution in [1.29, 1.82) is 0 Å². The van der Waals surface area contributed by atoms with Crippen LogP contribution >= 0.6 is 45.2 Å². The third-order valence-electron chi connectivity index (χ3n) is 2.34. The largest absolute Gasteiger partial charge is 0.291 e. The molecule has 0 saturated carbocycles. The summed E-state index contributed by atoms with van der Waals surface area (Å²) in [6.07, 6.45) is 0. The number of nitro groups is 1. The Bertz CT molecular complexity index is 570. The highest BCUT2D eigenvalue weighted by atomic mass is 127. The van der Waals surface area contributed by atoms with Crippen LogP contribution in [0.3, 0.4) is 0 Å². The van der Waals surface area contributed by atoms with Crippen molar-refractivity contribution in [2.45, 2.75) is 0 Å². The first-order chi connectivity index (χ1) is 8.11. The zero-order chi connectivity index (χ0) is 12.4. The molecule has 0 aliphatic heterocycles. The first-order valence-corrected chi connectivity index (χ1v) is 6.95. The van der Waals surface area contributed by atoms with E-state index in [1.165, 1.54) is 0 Å². The van der Waals surface area contributed by atoms with Gasteiger partial charge in [-0.05, 0) is 62.9 Å². The van der Waals surface area contributed by atoms with Crippen LogP contribution in [0.15, 0.2) is 42.5 Å². The van der Waals surface area contributed by atoms with Gasteiger partial charge in [0.2, 0.25) is 0 Å². The van der Waals surface area contributed by atoms with Crippen molar-refractivity contribution in [2.24, 2.45) is 0 Å². The molecule has 0 radical (unpaired) electrons. The first kappa shape index (κ1) is 12.7. The lowest BCUT2D eigenvalue weighted by molar-refractivity contribution is -0.385. The maximum absolute atomic E-state index is 11.2. The SMILES string of the molecule is O=[N+]([O-])c1c(-c2ccccc2)ccc(I)c1I. The molecule has 0 aliphatic carbocycles. The van der Waals surface area contributed by atoms with Crippen molar-refractivity contribution in [3.05, 3.63) is 59.7 Å². The monoisotopic (exact) mass is 451 g/mol. The molecule has 0 saturated heterocycles. The Kier molecular flexibility index (Phi) is 3.97. The molecule has 17 heavy (non-hydrogen) atoms. The van der Waals surface area contributed by atoms with E-state index in [-0.39, 0.29) is 10.6 Å². The van der Waals surface area contributed by atoms with Crippen LogP contribution in [-0.2, 0) is 0 Å². The topological polar surface area (TPSA) is 43.1 Å². The summed E-state index contributed by atoms with van der Waals surface area (Å²) >= 11 is 4.13. The zero-order valence-corrected chi connectivity index (χ0v) is 12.9. The number of halogens is 2. The van der Waals surface area contributed by atoms with Crippen LogP contribution < -0.4 is 0 Å². The number of benzene rings is 2. The van der Waals surface area contributed by atoms with Crippen molar-refractivity contribution < 1.29 is 4.92 Å². The van der Waals surface area contributed by atoms with E-state index >= 15 is 0 Å². The third kappa shape index (κ3) is 2.59. The van der Waals surface area contributed by atoms with Gasteiger partial charge in [-0.1, -0.05) is 30.3 Å². The molecule has 0 unspecified atom stereocenters. The Hall–Kier alpha value is -0.700. The Morgan fingerprint density at radius 2 is 1.65 bits per heavy atom. The molecule has 0 aromatic heterocycles. The smallest absolute Gasteiger partial charge is 0.258 e. The highest BCUT2D eigenvalue weighted by Crippen LogP contribution is 2.35. The summed E-state index contributed by atoms with van der Waals surface area (Å²) in [6.45, 7) is 0. The summed E-state index contributed by atoms with van der Waals surface area (Å²) in [5.41, 5.74) is 1.72. The van der Waals surface area contributed by atoms with Crippen molar-refractivity contribution in [3.8, 4) is 11.1 Å². The van der Waals surface area contributed by atoms with E-state index in [0.717, 1.165) is 9.13 Å². The number of hydrogen-bond donors (Lipinski definition) is 0. The molecule has 86 valence electrons. The minimum atomic E-state index is -0.313. The molecule has 0 aliphatic rings. The predicted octanol–water partition coefficient (Wildman–Crippen LogP) is 4.47. The molecule has 2 aromatic rings. The van der Waals surface area contributed by atoms with Crippen LogP contribution in [0.4, 0.5) is 5.69 Å². The Labute approximate surface area is 126 Å². The van der Waals surface area contributed by atoms with E-state index in [0.29, 0.717) is 9.13 Å². The van der Waals surface area contributed by atoms with E-state index in [1.807, 2.05) is 59.0 Å². The number of nitrogens with zero attached hydrogens (tertiary/aromatic N) is 1. The minimum Gasteiger partial charge on any atom is -0.258 e. The molecular weight excluding hydrogens is 444 g/mol. The van der Waals surface area contributed by atoms with Gasteiger partial charge in [0.05, 0.1) is 10.5 Å². The summed E-state index contributed by atoms with van der Waals surface area (Å²) < 4.78 is 1.59. The molecule has 2 rings (SSSR count). The molecule has 3 nitrogen and oxygen atoms in total. The van der Waals surface area contributed by atoms with Crippen LogP contribution in [0, 0.1) is 17.3 Å². The lowest BCUT2D eigenvalue weighted by Gasteiger charge is -2.06. The van der Waals surface area contributed by atoms with Crippen LogP contribution in [0.2, 0.25) is 0 Å². The van der Waals surface area contributed by atoms with Gasteiger partial charge in [0.1, 0.15) is 3.57 Å². The molecule has 0 fully saturated rings. The van der Waals surface area contributed by atoms with E-state index in [9.17, 15) is 10.1 Å². The maximum atomic E-state index is 11.2. The maximum Gasteiger partial charge on any atom is 0.291 e. The highest BCUT2D eigenvalue weighted by Gasteiger charge is 2.21. The van der Waals surface area contributed by atoms with Crippen LogP contribution in [0.1, 0.15) is 0 Å². The summed E-state index contributed by atoms with van der Waals surface area (Å²) in [5, 5.41) is 11.2. The van der Waals surface area contributed by atoms with Gasteiger partial charge >= 0.3 is 0 Å². The Morgan fingerprint density at radius 3 is 2.24 bits per heavy atom. The minimum absolute atomic E-state index is 0.184. The summed E-state index contributed by atoms with van der Waals surface area (Å²) in [6, 6.07) is 13.1. The molecule has 0 N–H and O–H groups in total. The normalized spacial score (nSPS) is 10.2. The second kappa shape index (κ2) is 5.30. The van der Waals surface area contributed by atoms with Crippen molar-refractivity contribution in [3.63, 3.8) is 0 Å². The molecule has 0 heterocycles. The third-order valence-corrected chi connectivity index (χ3v) is 5.36. The van der Waals surface area contributed by atoms with E-state index in [4.69, 9.17) is 0 Å². The van der Waals surface area contributed by atoms with Gasteiger partial charge in [-0.15, -0.1) is 0 Å². The van der Waals surface area contributed by atoms with Gasteiger partial charge in [-0.25, -0.2) is 0 Å². The molecule has 0 amide bonds. The molecule has 0 bridgehead atoms. The summed E-state index contributed by atoms with van der Waals surface area (Å²) in [7, 11) is 0. The molecule has 2 aromatic carbocycles. The molecular formula is C12H7I2NO2. The van der Waals surface area contributed by atoms with Gasteiger partial charge in [0, 0.05) is 3.57 Å². The summed E-state index contributed by atoms with van der Waals surface area (Å²) in [5.74, 6) is 0. The lowest BCUT2D eigenvalue weighted by Crippen LogP contribution is -1.97. The number of hydrogen-bond acceptors (Lipinski definition) is 2. The summed E-state index contributed by atoms with van der Waals surface area (Å²) in [4.78, 5) is 10.9. The first-order valence-electron chi connectivity index (χ1n) is 4.79. The second-order valence-corrected chi connectivity index (χ2v) is 5.62. The quantitative estimate of drug-likeness (QED) is 0.385. The van der Waals surface area contributed by atoms with Gasteiger partial charge in [0.15, 0.2) is 0 Å². The fraction of sp³-hybridized carbons (Fsp3) is 0. The predicted molar refractivity (Wildman–Crippen MR) is 84.0 cm³/mol. The standard InChI is InChI=1S/C12H7I2NO2/c13-10-7-6-9(8-4-2-1-3-5-8)12(11(10)14)15(16)17/h1-7H. The van der Waals surface area contributed by atoms with Crippen LogP contribution in [0.25, 0.3) is 11.1 Å².